The molecule has 1 aromatic carbocycles. The van der Waals surface area contributed by atoms with Gasteiger partial charge < -0.3 is 14.8 Å². The molecule has 19 heavy (non-hydrogen) atoms. The smallest absolute Gasteiger partial charge is 0.0718 e. The first kappa shape index (κ1) is 16.0. The summed E-state index contributed by atoms with van der Waals surface area (Å²) in [5, 5.41) is 3.54. The average Bonchev–Trinajstić information content (AvgIpc) is 2.42. The van der Waals surface area contributed by atoms with Crippen LogP contribution in [0.1, 0.15) is 38.7 Å². The average molecular weight is 265 g/mol. The first-order valence-electron chi connectivity index (χ1n) is 7.18. The molecule has 0 saturated carbocycles. The number of benzene rings is 1. The van der Waals surface area contributed by atoms with Gasteiger partial charge >= 0.3 is 0 Å². The third-order valence-electron chi connectivity index (χ3n) is 3.03. The number of unbranched alkanes of at least 4 members (excludes halogenated alkanes) is 1. The van der Waals surface area contributed by atoms with Crippen molar-refractivity contribution in [2.45, 2.75) is 45.8 Å². The summed E-state index contributed by atoms with van der Waals surface area (Å²) in [5.41, 5.74) is 2.38. The molecular formula is C16H27NO2. The molecule has 0 bridgehead atoms. The molecule has 1 rings (SSSR count). The van der Waals surface area contributed by atoms with Crippen LogP contribution in [0.3, 0.4) is 0 Å². The Morgan fingerprint density at radius 3 is 2.84 bits per heavy atom. The van der Waals surface area contributed by atoms with Gasteiger partial charge in [-0.1, -0.05) is 31.9 Å². The van der Waals surface area contributed by atoms with Crippen LogP contribution in [0.25, 0.3) is 0 Å². The Bertz CT molecular complexity index is 341. The highest BCUT2D eigenvalue weighted by atomic mass is 16.5. The topological polar surface area (TPSA) is 30.5 Å². The quantitative estimate of drug-likeness (QED) is 0.652. The molecule has 0 heterocycles. The van der Waals surface area contributed by atoms with Crippen LogP contribution >= 0.6 is 0 Å². The summed E-state index contributed by atoms with van der Waals surface area (Å²) in [5.74, 6) is 0. The molecule has 1 unspecified atom stereocenters. The van der Waals surface area contributed by atoms with Gasteiger partial charge in [-0.25, -0.2) is 0 Å². The number of hydrogen-bond donors (Lipinski definition) is 1. The second-order valence-electron chi connectivity index (χ2n) is 4.93. The van der Waals surface area contributed by atoms with Crippen LogP contribution < -0.4 is 5.32 Å². The third kappa shape index (κ3) is 7.19. The van der Waals surface area contributed by atoms with Crippen LogP contribution in [0.2, 0.25) is 0 Å². The molecule has 0 amide bonds. The van der Waals surface area contributed by atoms with Crippen molar-refractivity contribution < 1.29 is 9.47 Å². The highest BCUT2D eigenvalue weighted by Gasteiger charge is 2.02. The van der Waals surface area contributed by atoms with Gasteiger partial charge in [0.15, 0.2) is 0 Å². The van der Waals surface area contributed by atoms with Crippen molar-refractivity contribution in [3.8, 4) is 0 Å². The van der Waals surface area contributed by atoms with Gasteiger partial charge in [0.1, 0.15) is 0 Å². The monoisotopic (exact) mass is 265 g/mol. The second kappa shape index (κ2) is 9.82. The van der Waals surface area contributed by atoms with Crippen molar-refractivity contribution in [3.05, 3.63) is 29.8 Å². The van der Waals surface area contributed by atoms with Gasteiger partial charge in [-0.05, 0) is 31.0 Å². The largest absolute Gasteiger partial charge is 0.383 e. The highest BCUT2D eigenvalue weighted by molar-refractivity contribution is 5.46. The summed E-state index contributed by atoms with van der Waals surface area (Å²) in [4.78, 5) is 0. The SMILES string of the molecule is CCCCC(C)Nc1cccc(COCCOC)c1. The molecule has 0 spiro atoms. The first-order valence-corrected chi connectivity index (χ1v) is 7.18. The van der Waals surface area contributed by atoms with Crippen LogP contribution in [0.5, 0.6) is 0 Å². The fraction of sp³-hybridized carbons (Fsp3) is 0.625. The van der Waals surface area contributed by atoms with E-state index in [9.17, 15) is 0 Å². The van der Waals surface area contributed by atoms with Crippen LogP contribution in [0, 0.1) is 0 Å². The molecule has 1 aromatic rings. The Labute approximate surface area is 117 Å². The fourth-order valence-corrected chi connectivity index (χ4v) is 1.95. The zero-order valence-electron chi connectivity index (χ0n) is 12.4. The van der Waals surface area contributed by atoms with Gasteiger partial charge in [-0.3, -0.25) is 0 Å². The Balaban J connectivity index is 2.38. The zero-order chi connectivity index (χ0) is 13.9. The maximum atomic E-state index is 5.53. The lowest BCUT2D eigenvalue weighted by atomic mass is 10.1. The number of ether oxygens (including phenoxy) is 2. The van der Waals surface area contributed by atoms with Gasteiger partial charge in [-0.15, -0.1) is 0 Å². The van der Waals surface area contributed by atoms with Gasteiger partial charge in [0, 0.05) is 18.8 Å². The minimum Gasteiger partial charge on any atom is -0.383 e. The van der Waals surface area contributed by atoms with E-state index in [2.05, 4.69) is 43.4 Å². The summed E-state index contributed by atoms with van der Waals surface area (Å²) < 4.78 is 10.5. The Hall–Kier alpha value is -1.06. The first-order chi connectivity index (χ1) is 9.26. The predicted molar refractivity (Wildman–Crippen MR) is 80.6 cm³/mol. The zero-order valence-corrected chi connectivity index (χ0v) is 12.4. The van der Waals surface area contributed by atoms with E-state index in [0.29, 0.717) is 25.9 Å². The minimum absolute atomic E-state index is 0.518. The van der Waals surface area contributed by atoms with Crippen LogP contribution in [-0.2, 0) is 16.1 Å². The van der Waals surface area contributed by atoms with E-state index in [4.69, 9.17) is 9.47 Å². The number of anilines is 1. The van der Waals surface area contributed by atoms with Gasteiger partial charge in [0.05, 0.1) is 19.8 Å². The van der Waals surface area contributed by atoms with Crippen molar-refractivity contribution in [3.63, 3.8) is 0 Å². The number of nitrogens with one attached hydrogen (secondary N) is 1. The molecule has 3 nitrogen and oxygen atoms in total. The molecule has 0 saturated heterocycles. The standard InChI is InChI=1S/C16H27NO2/c1-4-5-7-14(2)17-16-9-6-8-15(12-16)13-19-11-10-18-3/h6,8-9,12,14,17H,4-5,7,10-11,13H2,1-3H3. The molecule has 3 heteroatoms. The number of rotatable bonds is 10. The van der Waals surface area contributed by atoms with E-state index >= 15 is 0 Å². The van der Waals surface area contributed by atoms with Gasteiger partial charge in [0.25, 0.3) is 0 Å². The van der Waals surface area contributed by atoms with E-state index < -0.39 is 0 Å². The lowest BCUT2D eigenvalue weighted by molar-refractivity contribution is 0.0617. The minimum atomic E-state index is 0.518. The van der Waals surface area contributed by atoms with Crippen molar-refractivity contribution >= 4 is 5.69 Å². The van der Waals surface area contributed by atoms with Gasteiger partial charge in [0.2, 0.25) is 0 Å². The molecule has 1 N–H and O–H groups in total. The second-order valence-corrected chi connectivity index (χ2v) is 4.93. The molecular weight excluding hydrogens is 238 g/mol. The summed E-state index contributed by atoms with van der Waals surface area (Å²) >= 11 is 0. The molecule has 0 aliphatic rings. The molecule has 0 aromatic heterocycles. The van der Waals surface area contributed by atoms with Gasteiger partial charge in [-0.2, -0.15) is 0 Å². The Morgan fingerprint density at radius 1 is 1.26 bits per heavy atom. The Morgan fingerprint density at radius 2 is 2.11 bits per heavy atom. The molecule has 0 aliphatic carbocycles. The maximum Gasteiger partial charge on any atom is 0.0718 e. The van der Waals surface area contributed by atoms with Crippen molar-refractivity contribution in [1.82, 2.24) is 0 Å². The fourth-order valence-electron chi connectivity index (χ4n) is 1.95. The Kier molecular flexibility index (Phi) is 8.26. The van der Waals surface area contributed by atoms with E-state index in [-0.39, 0.29) is 0 Å². The summed E-state index contributed by atoms with van der Waals surface area (Å²) in [6.45, 7) is 6.39. The number of methoxy groups -OCH3 is 1. The third-order valence-corrected chi connectivity index (χ3v) is 3.03. The van der Waals surface area contributed by atoms with Crippen molar-refractivity contribution in [1.29, 1.82) is 0 Å². The van der Waals surface area contributed by atoms with E-state index in [1.165, 1.54) is 30.5 Å². The molecule has 0 radical (unpaired) electrons. The highest BCUT2D eigenvalue weighted by Crippen LogP contribution is 2.14. The number of hydrogen-bond acceptors (Lipinski definition) is 3. The summed E-state index contributed by atoms with van der Waals surface area (Å²) in [6.07, 6.45) is 3.73. The molecule has 0 aliphatic heterocycles. The van der Waals surface area contributed by atoms with E-state index in [1.54, 1.807) is 7.11 Å². The lowest BCUT2D eigenvalue weighted by Crippen LogP contribution is -2.14. The lowest BCUT2D eigenvalue weighted by Gasteiger charge is -2.15. The van der Waals surface area contributed by atoms with Crippen LogP contribution in [-0.4, -0.2) is 26.4 Å². The maximum absolute atomic E-state index is 5.53. The van der Waals surface area contributed by atoms with Crippen LogP contribution in [0.4, 0.5) is 5.69 Å². The van der Waals surface area contributed by atoms with Crippen molar-refractivity contribution in [2.24, 2.45) is 0 Å². The van der Waals surface area contributed by atoms with E-state index in [1.807, 2.05) is 0 Å². The normalized spacial score (nSPS) is 12.4. The molecule has 1 atom stereocenters. The summed E-state index contributed by atoms with van der Waals surface area (Å²) in [6, 6.07) is 8.96. The summed E-state index contributed by atoms with van der Waals surface area (Å²) in [7, 11) is 1.69. The predicted octanol–water partition coefficient (Wildman–Crippen LogP) is 3.84. The molecule has 108 valence electrons. The van der Waals surface area contributed by atoms with E-state index in [0.717, 1.165) is 0 Å². The van der Waals surface area contributed by atoms with Crippen LogP contribution in [0.15, 0.2) is 24.3 Å². The van der Waals surface area contributed by atoms with Crippen molar-refractivity contribution in [2.75, 3.05) is 25.6 Å². The molecule has 0 fully saturated rings.